The SMILES string of the molecule is CC(Nc1ccc(S(N)(=O)=O)cc1)C1(C)CC1. The van der Waals surface area contributed by atoms with Crippen molar-refractivity contribution in [2.45, 2.75) is 37.6 Å². The van der Waals surface area contributed by atoms with Crippen LogP contribution < -0.4 is 10.5 Å². The molecular weight excluding hydrogens is 236 g/mol. The van der Waals surface area contributed by atoms with Crippen LogP contribution in [0.4, 0.5) is 5.69 Å². The molecule has 4 nitrogen and oxygen atoms in total. The molecule has 1 fully saturated rings. The highest BCUT2D eigenvalue weighted by molar-refractivity contribution is 7.89. The summed E-state index contributed by atoms with van der Waals surface area (Å²) < 4.78 is 22.2. The fourth-order valence-corrected chi connectivity index (χ4v) is 2.31. The van der Waals surface area contributed by atoms with Crippen LogP contribution in [0.3, 0.4) is 0 Å². The number of anilines is 1. The summed E-state index contributed by atoms with van der Waals surface area (Å²) in [5.74, 6) is 0. The first-order chi connectivity index (χ1) is 7.81. The fourth-order valence-electron chi connectivity index (χ4n) is 1.80. The van der Waals surface area contributed by atoms with Crippen LogP contribution in [0.5, 0.6) is 0 Å². The molecule has 2 rings (SSSR count). The molecule has 0 aromatic heterocycles. The van der Waals surface area contributed by atoms with Gasteiger partial charge in [0.25, 0.3) is 0 Å². The Hall–Kier alpha value is -1.07. The second kappa shape index (κ2) is 3.99. The van der Waals surface area contributed by atoms with Crippen LogP contribution in [0.1, 0.15) is 26.7 Å². The molecule has 5 heteroatoms. The average molecular weight is 254 g/mol. The largest absolute Gasteiger partial charge is 0.382 e. The molecule has 94 valence electrons. The molecule has 0 heterocycles. The quantitative estimate of drug-likeness (QED) is 0.862. The van der Waals surface area contributed by atoms with E-state index < -0.39 is 10.0 Å². The summed E-state index contributed by atoms with van der Waals surface area (Å²) in [6.07, 6.45) is 2.49. The zero-order chi connectivity index (χ0) is 12.7. The zero-order valence-corrected chi connectivity index (χ0v) is 10.9. The number of nitrogens with two attached hydrogens (primary N) is 1. The predicted octanol–water partition coefficient (Wildman–Crippen LogP) is 1.93. The highest BCUT2D eigenvalue weighted by atomic mass is 32.2. The Bertz CT molecular complexity index is 504. The normalized spacial score (nSPS) is 19.7. The summed E-state index contributed by atoms with van der Waals surface area (Å²) in [4.78, 5) is 0.147. The molecule has 1 unspecified atom stereocenters. The number of benzene rings is 1. The smallest absolute Gasteiger partial charge is 0.238 e. The Morgan fingerprint density at radius 2 is 1.82 bits per heavy atom. The lowest BCUT2D eigenvalue weighted by Crippen LogP contribution is -2.24. The number of sulfonamides is 1. The van der Waals surface area contributed by atoms with Crippen LogP contribution in [0.25, 0.3) is 0 Å². The maximum Gasteiger partial charge on any atom is 0.238 e. The standard InChI is InChI=1S/C12H18N2O2S/c1-9(12(2)7-8-12)14-10-3-5-11(6-4-10)17(13,15)16/h3-6,9,14H,7-8H2,1-2H3,(H2,13,15,16). The third-order valence-electron chi connectivity index (χ3n) is 3.65. The maximum atomic E-state index is 11.1. The fraction of sp³-hybridized carbons (Fsp3) is 0.500. The van der Waals surface area contributed by atoms with E-state index in [-0.39, 0.29) is 4.90 Å². The predicted molar refractivity (Wildman–Crippen MR) is 68.2 cm³/mol. The van der Waals surface area contributed by atoms with E-state index >= 15 is 0 Å². The van der Waals surface area contributed by atoms with Gasteiger partial charge in [0.1, 0.15) is 0 Å². The molecule has 1 aliphatic carbocycles. The van der Waals surface area contributed by atoms with Crippen molar-refractivity contribution in [2.75, 3.05) is 5.32 Å². The van der Waals surface area contributed by atoms with Crippen molar-refractivity contribution < 1.29 is 8.42 Å². The van der Waals surface area contributed by atoms with Crippen LogP contribution in [-0.4, -0.2) is 14.5 Å². The average Bonchev–Trinajstić information content (AvgIpc) is 2.97. The number of nitrogens with one attached hydrogen (secondary N) is 1. The van der Waals surface area contributed by atoms with Gasteiger partial charge in [0.2, 0.25) is 10.0 Å². The highest BCUT2D eigenvalue weighted by Gasteiger charge is 2.42. The molecule has 0 amide bonds. The Morgan fingerprint density at radius 3 is 2.24 bits per heavy atom. The van der Waals surface area contributed by atoms with Crippen LogP contribution in [0.15, 0.2) is 29.2 Å². The lowest BCUT2D eigenvalue weighted by atomic mass is 10.0. The first-order valence-electron chi connectivity index (χ1n) is 5.71. The van der Waals surface area contributed by atoms with Gasteiger partial charge in [-0.1, -0.05) is 6.92 Å². The molecule has 0 spiro atoms. The molecule has 1 aromatic rings. The van der Waals surface area contributed by atoms with Crippen molar-refractivity contribution in [1.29, 1.82) is 0 Å². The van der Waals surface area contributed by atoms with E-state index in [0.717, 1.165) is 5.69 Å². The van der Waals surface area contributed by atoms with E-state index in [2.05, 4.69) is 19.2 Å². The van der Waals surface area contributed by atoms with Crippen LogP contribution in [-0.2, 0) is 10.0 Å². The van der Waals surface area contributed by atoms with Crippen molar-refractivity contribution in [3.8, 4) is 0 Å². The Balaban J connectivity index is 2.08. The maximum absolute atomic E-state index is 11.1. The lowest BCUT2D eigenvalue weighted by Gasteiger charge is -2.21. The van der Waals surface area contributed by atoms with E-state index in [4.69, 9.17) is 5.14 Å². The van der Waals surface area contributed by atoms with Gasteiger partial charge in [-0.25, -0.2) is 13.6 Å². The van der Waals surface area contributed by atoms with E-state index in [1.54, 1.807) is 12.1 Å². The number of primary sulfonamides is 1. The van der Waals surface area contributed by atoms with Gasteiger partial charge in [-0.05, 0) is 49.4 Å². The van der Waals surface area contributed by atoms with Gasteiger partial charge < -0.3 is 5.32 Å². The summed E-state index contributed by atoms with van der Waals surface area (Å²) in [5.41, 5.74) is 1.32. The van der Waals surface area contributed by atoms with Gasteiger partial charge in [-0.3, -0.25) is 0 Å². The molecule has 1 aromatic carbocycles. The molecule has 1 atom stereocenters. The number of hydrogen-bond donors (Lipinski definition) is 2. The molecule has 17 heavy (non-hydrogen) atoms. The molecule has 0 bridgehead atoms. The molecule has 0 saturated heterocycles. The van der Waals surface area contributed by atoms with Crippen molar-refractivity contribution >= 4 is 15.7 Å². The first kappa shape index (κ1) is 12.4. The van der Waals surface area contributed by atoms with Gasteiger partial charge in [-0.15, -0.1) is 0 Å². The van der Waals surface area contributed by atoms with Crippen molar-refractivity contribution in [1.82, 2.24) is 0 Å². The minimum Gasteiger partial charge on any atom is -0.382 e. The van der Waals surface area contributed by atoms with Gasteiger partial charge in [-0.2, -0.15) is 0 Å². The minimum absolute atomic E-state index is 0.147. The second-order valence-corrected chi connectivity index (χ2v) is 6.65. The monoisotopic (exact) mass is 254 g/mol. The third kappa shape index (κ3) is 2.79. The van der Waals surface area contributed by atoms with Gasteiger partial charge in [0.15, 0.2) is 0 Å². The van der Waals surface area contributed by atoms with E-state index in [1.165, 1.54) is 25.0 Å². The molecular formula is C12H18N2O2S. The van der Waals surface area contributed by atoms with Crippen molar-refractivity contribution in [3.05, 3.63) is 24.3 Å². The minimum atomic E-state index is -3.59. The van der Waals surface area contributed by atoms with Crippen LogP contribution >= 0.6 is 0 Å². The van der Waals surface area contributed by atoms with E-state index in [1.807, 2.05) is 0 Å². The van der Waals surface area contributed by atoms with E-state index in [0.29, 0.717) is 11.5 Å². The number of rotatable bonds is 4. The first-order valence-corrected chi connectivity index (χ1v) is 7.25. The van der Waals surface area contributed by atoms with Crippen LogP contribution in [0, 0.1) is 5.41 Å². The van der Waals surface area contributed by atoms with Gasteiger partial charge in [0.05, 0.1) is 4.90 Å². The lowest BCUT2D eigenvalue weighted by molar-refractivity contribution is 0.493. The van der Waals surface area contributed by atoms with Gasteiger partial charge in [0, 0.05) is 11.7 Å². The molecule has 3 N–H and O–H groups in total. The molecule has 1 saturated carbocycles. The topological polar surface area (TPSA) is 72.2 Å². The van der Waals surface area contributed by atoms with Crippen molar-refractivity contribution in [2.24, 2.45) is 10.6 Å². The summed E-state index contributed by atoms with van der Waals surface area (Å²) in [7, 11) is -3.59. The van der Waals surface area contributed by atoms with E-state index in [9.17, 15) is 8.42 Å². The Kier molecular flexibility index (Phi) is 2.91. The molecule has 0 aliphatic heterocycles. The summed E-state index contributed by atoms with van der Waals surface area (Å²) in [6.45, 7) is 4.41. The Labute approximate surface area is 102 Å². The van der Waals surface area contributed by atoms with Crippen LogP contribution in [0.2, 0.25) is 0 Å². The van der Waals surface area contributed by atoms with Crippen molar-refractivity contribution in [3.63, 3.8) is 0 Å². The molecule has 0 radical (unpaired) electrons. The summed E-state index contributed by atoms with van der Waals surface area (Å²) in [5, 5.41) is 8.43. The highest BCUT2D eigenvalue weighted by Crippen LogP contribution is 2.48. The summed E-state index contributed by atoms with van der Waals surface area (Å²) >= 11 is 0. The third-order valence-corrected chi connectivity index (χ3v) is 4.58. The van der Waals surface area contributed by atoms with Gasteiger partial charge >= 0.3 is 0 Å². The molecule has 1 aliphatic rings. The Morgan fingerprint density at radius 1 is 1.29 bits per heavy atom. The zero-order valence-electron chi connectivity index (χ0n) is 10.1. The summed E-state index contributed by atoms with van der Waals surface area (Å²) in [6, 6.07) is 6.95. The number of hydrogen-bond acceptors (Lipinski definition) is 3. The second-order valence-electron chi connectivity index (χ2n) is 5.09.